The average molecular weight is 441 g/mol. The molecule has 2 unspecified atom stereocenters. The van der Waals surface area contributed by atoms with E-state index in [1.54, 1.807) is 22.7 Å². The Kier molecular flexibility index (Phi) is 4.69. The summed E-state index contributed by atoms with van der Waals surface area (Å²) in [6, 6.07) is 16.4. The minimum Gasteiger partial charge on any atom is -0.354 e. The zero-order valence-electron chi connectivity index (χ0n) is 14.3. The predicted molar refractivity (Wildman–Crippen MR) is 124 cm³/mol. The standard InChI is InChI=1S/C19H13N3O2P2S2/c23-8-25-18-4-3-12(20-18)15-7-17-16(28-15)6-14(27-17)10-1-2-11-13(5-10)22-19(21-11)26-9-24/h1-9,20,25-26H,(H,21,22). The van der Waals surface area contributed by atoms with Gasteiger partial charge in [-0.05, 0) is 50.5 Å². The molecule has 0 radical (unpaired) electrons. The molecule has 9 heteroatoms. The average Bonchev–Trinajstić information content (AvgIpc) is 3.43. The van der Waals surface area contributed by atoms with Gasteiger partial charge in [0, 0.05) is 28.3 Å². The highest BCUT2D eigenvalue weighted by molar-refractivity contribution is 7.62. The molecule has 0 aliphatic heterocycles. The maximum atomic E-state index is 10.7. The second-order valence-electron chi connectivity index (χ2n) is 6.08. The van der Waals surface area contributed by atoms with Gasteiger partial charge in [-0.1, -0.05) is 6.07 Å². The molecule has 138 valence electrons. The van der Waals surface area contributed by atoms with Crippen molar-refractivity contribution in [2.75, 3.05) is 0 Å². The van der Waals surface area contributed by atoms with Crippen LogP contribution < -0.4 is 11.0 Å². The van der Waals surface area contributed by atoms with Crippen LogP contribution >= 0.6 is 39.8 Å². The molecule has 5 aromatic rings. The summed E-state index contributed by atoms with van der Waals surface area (Å²) < 4.78 is 2.49. The Morgan fingerprint density at radius 3 is 2.46 bits per heavy atom. The number of imidazole rings is 1. The van der Waals surface area contributed by atoms with Crippen LogP contribution in [0.2, 0.25) is 0 Å². The Morgan fingerprint density at radius 1 is 0.857 bits per heavy atom. The van der Waals surface area contributed by atoms with Crippen molar-refractivity contribution in [3.8, 4) is 21.0 Å². The van der Waals surface area contributed by atoms with E-state index >= 15 is 0 Å². The van der Waals surface area contributed by atoms with Gasteiger partial charge in [-0.2, -0.15) is 0 Å². The van der Waals surface area contributed by atoms with Gasteiger partial charge in [0.05, 0.1) is 21.6 Å². The third-order valence-corrected chi connectivity index (χ3v) is 8.06. The second-order valence-corrected chi connectivity index (χ2v) is 10.3. The van der Waals surface area contributed by atoms with Gasteiger partial charge >= 0.3 is 0 Å². The number of aromatic nitrogens is 3. The van der Waals surface area contributed by atoms with Crippen molar-refractivity contribution in [3.05, 3.63) is 42.5 Å². The molecular formula is C19H13N3O2P2S2. The molecule has 1 aromatic carbocycles. The summed E-state index contributed by atoms with van der Waals surface area (Å²) in [6.45, 7) is 0. The number of carbonyl (C=O) groups excluding carboxylic acids is 2. The fraction of sp³-hybridized carbons (Fsp3) is 0. The molecular weight excluding hydrogens is 428 g/mol. The monoisotopic (exact) mass is 441 g/mol. The van der Waals surface area contributed by atoms with Crippen LogP contribution in [-0.4, -0.2) is 27.0 Å². The number of hydrogen-bond acceptors (Lipinski definition) is 5. The molecule has 5 rings (SSSR count). The largest absolute Gasteiger partial charge is 0.354 e. The normalized spacial score (nSPS) is 12.3. The molecule has 28 heavy (non-hydrogen) atoms. The van der Waals surface area contributed by atoms with E-state index in [2.05, 4.69) is 39.2 Å². The summed E-state index contributed by atoms with van der Waals surface area (Å²) >= 11 is 3.51. The molecule has 0 saturated carbocycles. The van der Waals surface area contributed by atoms with E-state index in [-0.39, 0.29) is 17.2 Å². The van der Waals surface area contributed by atoms with E-state index in [0.29, 0.717) is 0 Å². The van der Waals surface area contributed by atoms with E-state index in [1.807, 2.05) is 18.2 Å². The number of H-pyrrole nitrogens is 2. The molecule has 0 aliphatic rings. The quantitative estimate of drug-likeness (QED) is 0.301. The number of benzene rings is 1. The first-order valence-electron chi connectivity index (χ1n) is 8.37. The topological polar surface area (TPSA) is 78.6 Å². The Hall–Kier alpha value is -2.17. The zero-order valence-corrected chi connectivity index (χ0v) is 17.9. The fourth-order valence-corrected chi connectivity index (χ4v) is 6.47. The van der Waals surface area contributed by atoms with Gasteiger partial charge in [-0.25, -0.2) is 4.98 Å². The van der Waals surface area contributed by atoms with Crippen molar-refractivity contribution in [3.63, 3.8) is 0 Å². The van der Waals surface area contributed by atoms with Gasteiger partial charge in [-0.15, -0.1) is 22.7 Å². The van der Waals surface area contributed by atoms with Crippen molar-refractivity contribution in [2.24, 2.45) is 0 Å². The lowest BCUT2D eigenvalue weighted by molar-refractivity contribution is 0.569. The molecule has 4 heterocycles. The smallest absolute Gasteiger partial charge is 0.146 e. The van der Waals surface area contributed by atoms with Crippen molar-refractivity contribution in [1.29, 1.82) is 0 Å². The molecule has 2 N–H and O–H groups in total. The number of rotatable bonds is 6. The lowest BCUT2D eigenvalue weighted by atomic mass is 10.1. The molecule has 5 nitrogen and oxygen atoms in total. The molecule has 4 aromatic heterocycles. The number of carbonyl (C=O) groups is 2. The van der Waals surface area contributed by atoms with E-state index in [4.69, 9.17) is 0 Å². The Morgan fingerprint density at radius 2 is 1.64 bits per heavy atom. The Bertz CT molecular complexity index is 1300. The molecule has 0 amide bonds. The van der Waals surface area contributed by atoms with Crippen LogP contribution in [0.4, 0.5) is 0 Å². The van der Waals surface area contributed by atoms with Gasteiger partial charge in [0.1, 0.15) is 17.6 Å². The van der Waals surface area contributed by atoms with Crippen molar-refractivity contribution in [1.82, 2.24) is 15.0 Å². The summed E-state index contributed by atoms with van der Waals surface area (Å²) in [7, 11) is 0.218. The highest BCUT2D eigenvalue weighted by atomic mass is 32.1. The van der Waals surface area contributed by atoms with Gasteiger partial charge in [0.15, 0.2) is 0 Å². The number of thiophene rings is 2. The molecule has 0 bridgehead atoms. The lowest BCUT2D eigenvalue weighted by Crippen LogP contribution is -1.97. The number of aromatic amines is 2. The molecule has 0 fully saturated rings. The van der Waals surface area contributed by atoms with Crippen LogP contribution in [0.5, 0.6) is 0 Å². The first kappa shape index (κ1) is 17.9. The van der Waals surface area contributed by atoms with E-state index in [9.17, 15) is 9.59 Å². The minimum absolute atomic E-state index is 0.0521. The molecule has 0 aliphatic carbocycles. The third-order valence-electron chi connectivity index (χ3n) is 4.33. The van der Waals surface area contributed by atoms with Crippen LogP contribution in [0.15, 0.2) is 42.5 Å². The third kappa shape index (κ3) is 3.25. The highest BCUT2D eigenvalue weighted by Gasteiger charge is 2.12. The van der Waals surface area contributed by atoms with Crippen molar-refractivity contribution >= 4 is 83.3 Å². The zero-order chi connectivity index (χ0) is 19.1. The summed E-state index contributed by atoms with van der Waals surface area (Å²) in [5.74, 6) is 0. The molecule has 0 saturated heterocycles. The van der Waals surface area contributed by atoms with Gasteiger partial charge in [0.25, 0.3) is 0 Å². The van der Waals surface area contributed by atoms with Crippen LogP contribution in [0, 0.1) is 0 Å². The van der Waals surface area contributed by atoms with E-state index < -0.39 is 0 Å². The maximum absolute atomic E-state index is 10.7. The van der Waals surface area contributed by atoms with Crippen molar-refractivity contribution < 1.29 is 9.59 Å². The van der Waals surface area contributed by atoms with Crippen LogP contribution in [0.3, 0.4) is 0 Å². The second kappa shape index (κ2) is 7.34. The summed E-state index contributed by atoms with van der Waals surface area (Å²) in [4.78, 5) is 34.8. The first-order valence-corrected chi connectivity index (χ1v) is 12.2. The van der Waals surface area contributed by atoms with Gasteiger partial charge < -0.3 is 9.97 Å². The summed E-state index contributed by atoms with van der Waals surface area (Å²) in [5, 5.41) is 0. The van der Waals surface area contributed by atoms with Crippen LogP contribution in [0.25, 0.3) is 41.4 Å². The van der Waals surface area contributed by atoms with E-state index in [0.717, 1.165) is 45.3 Å². The highest BCUT2D eigenvalue weighted by Crippen LogP contribution is 2.41. The van der Waals surface area contributed by atoms with E-state index in [1.165, 1.54) is 19.2 Å². The summed E-state index contributed by atoms with van der Waals surface area (Å²) in [6.07, 6.45) is 0. The van der Waals surface area contributed by atoms with Gasteiger partial charge in [-0.3, -0.25) is 9.59 Å². The Labute approximate surface area is 171 Å². The van der Waals surface area contributed by atoms with Crippen LogP contribution in [0.1, 0.15) is 0 Å². The number of nitrogens with zero attached hydrogens (tertiary/aromatic N) is 1. The number of fused-ring (bicyclic) bond motifs is 2. The number of nitrogens with one attached hydrogen (secondary N) is 2. The van der Waals surface area contributed by atoms with Gasteiger partial charge in [0.2, 0.25) is 0 Å². The molecule has 0 spiro atoms. The Balaban J connectivity index is 1.48. The predicted octanol–water partition coefficient (Wildman–Crippen LogP) is 4.49. The number of hydrogen-bond donors (Lipinski definition) is 2. The SMILES string of the molecule is O=CPc1ccc(-c2cc3sc(-c4ccc5nc(PC=O)[nH]c5c4)cc3s2)[nH]1. The molecule has 2 atom stereocenters. The fourth-order valence-electron chi connectivity index (χ4n) is 3.08. The lowest BCUT2D eigenvalue weighted by Gasteiger charge is -1.97. The van der Waals surface area contributed by atoms with Crippen molar-refractivity contribution in [2.45, 2.75) is 0 Å². The van der Waals surface area contributed by atoms with Crippen LogP contribution in [-0.2, 0) is 9.59 Å². The first-order chi connectivity index (χ1) is 13.7. The summed E-state index contributed by atoms with van der Waals surface area (Å²) in [5.41, 5.74) is 5.72. The maximum Gasteiger partial charge on any atom is 0.146 e. The minimum atomic E-state index is 0.0521.